The van der Waals surface area contributed by atoms with Gasteiger partial charge in [0.05, 0.1) is 6.54 Å². The molecular formula is C54H105F10N7. The third-order valence-corrected chi connectivity index (χ3v) is 13.0. The van der Waals surface area contributed by atoms with Crippen molar-refractivity contribution in [3.05, 3.63) is 0 Å². The van der Waals surface area contributed by atoms with E-state index < -0.39 is 48.9 Å². The van der Waals surface area contributed by atoms with Gasteiger partial charge in [-0.25, -0.2) is 43.9 Å². The second kappa shape index (κ2) is 29.5. The van der Waals surface area contributed by atoms with Gasteiger partial charge in [0.1, 0.15) is 37.0 Å². The van der Waals surface area contributed by atoms with Crippen LogP contribution in [0.15, 0.2) is 0 Å². The van der Waals surface area contributed by atoms with Crippen LogP contribution in [0.2, 0.25) is 0 Å². The average molecular weight is 1040 g/mol. The molecule has 0 unspecified atom stereocenters. The van der Waals surface area contributed by atoms with Crippen molar-refractivity contribution in [2.45, 2.75) is 309 Å². The highest BCUT2D eigenvalue weighted by Crippen LogP contribution is 2.38. The predicted octanol–water partition coefficient (Wildman–Crippen LogP) is 12.7. The highest BCUT2D eigenvalue weighted by Gasteiger charge is 2.46. The Labute approximate surface area is 426 Å². The lowest BCUT2D eigenvalue weighted by Gasteiger charge is -2.39. The van der Waals surface area contributed by atoms with Crippen LogP contribution < -0.4 is 21.3 Å². The van der Waals surface area contributed by atoms with Gasteiger partial charge in [0.25, 0.3) is 11.8 Å². The van der Waals surface area contributed by atoms with Gasteiger partial charge in [-0.05, 0) is 163 Å². The Morgan fingerprint density at radius 1 is 0.408 bits per heavy atom. The first kappa shape index (κ1) is 68.0. The quantitative estimate of drug-likeness (QED) is 0.190. The molecule has 7 nitrogen and oxygen atoms in total. The van der Waals surface area contributed by atoms with E-state index in [1.807, 2.05) is 72.1 Å². The highest BCUT2D eigenvalue weighted by atomic mass is 19.3. The molecule has 71 heavy (non-hydrogen) atoms. The van der Waals surface area contributed by atoms with Gasteiger partial charge in [0.2, 0.25) is 0 Å². The van der Waals surface area contributed by atoms with Gasteiger partial charge in [-0.1, -0.05) is 12.8 Å². The van der Waals surface area contributed by atoms with Crippen molar-refractivity contribution in [1.29, 1.82) is 0 Å². The molecule has 7 aliphatic rings. The van der Waals surface area contributed by atoms with Gasteiger partial charge >= 0.3 is 0 Å². The van der Waals surface area contributed by atoms with Crippen molar-refractivity contribution in [2.24, 2.45) is 0 Å². The average Bonchev–Trinajstić information content (AvgIpc) is 3.94. The fraction of sp³-hybridized carbons (Fsp3) is 1.00. The number of rotatable bonds is 7. The van der Waals surface area contributed by atoms with Gasteiger partial charge in [-0.15, -0.1) is 0 Å². The molecule has 4 aliphatic carbocycles. The van der Waals surface area contributed by atoms with E-state index in [-0.39, 0.29) is 92.8 Å². The summed E-state index contributed by atoms with van der Waals surface area (Å²) in [4.78, 5) is 5.44. The van der Waals surface area contributed by atoms with Gasteiger partial charge in [0, 0.05) is 116 Å². The summed E-state index contributed by atoms with van der Waals surface area (Å²) >= 11 is 0. The lowest BCUT2D eigenvalue weighted by Crippen LogP contribution is -2.54. The fourth-order valence-electron chi connectivity index (χ4n) is 9.16. The van der Waals surface area contributed by atoms with Gasteiger partial charge in [0.15, 0.2) is 0 Å². The molecule has 7 fully saturated rings. The van der Waals surface area contributed by atoms with E-state index in [0.717, 1.165) is 6.04 Å². The van der Waals surface area contributed by atoms with Crippen molar-refractivity contribution in [3.8, 4) is 0 Å². The zero-order valence-electron chi connectivity index (χ0n) is 47.6. The van der Waals surface area contributed by atoms with E-state index in [9.17, 15) is 43.9 Å². The van der Waals surface area contributed by atoms with E-state index in [0.29, 0.717) is 49.9 Å². The number of alkyl halides is 10. The largest absolute Gasteiger partial charge is 0.309 e. The lowest BCUT2D eigenvalue weighted by molar-refractivity contribution is -0.0968. The van der Waals surface area contributed by atoms with Crippen LogP contribution in [0.4, 0.5) is 43.9 Å². The molecule has 3 saturated heterocycles. The molecular weight excluding hydrogens is 937 g/mol. The molecule has 0 amide bonds. The second-order valence-electron chi connectivity index (χ2n) is 26.4. The molecule has 0 aromatic carbocycles. The van der Waals surface area contributed by atoms with Crippen molar-refractivity contribution < 1.29 is 43.9 Å². The first-order valence-corrected chi connectivity index (χ1v) is 27.0. The third-order valence-electron chi connectivity index (χ3n) is 13.0. The van der Waals surface area contributed by atoms with Crippen LogP contribution in [0.5, 0.6) is 0 Å². The summed E-state index contributed by atoms with van der Waals surface area (Å²) in [7, 11) is 0. The Morgan fingerprint density at radius 2 is 0.690 bits per heavy atom. The molecule has 3 heterocycles. The second-order valence-corrected chi connectivity index (χ2v) is 26.4. The highest BCUT2D eigenvalue weighted by molar-refractivity contribution is 4.95. The molecule has 0 radical (unpaired) electrons. The first-order valence-electron chi connectivity index (χ1n) is 27.0. The van der Waals surface area contributed by atoms with Crippen LogP contribution in [0.3, 0.4) is 0 Å². The lowest BCUT2D eigenvalue weighted by atomic mass is 9.86. The standard InChI is InChI=1S/C9H19N.C8H15F2N.2C8H16FN.3C7H13F2N/c1-9(2,3)10-8-6-4-5-7-8;1-7(2,3)11-6-4-8(9,10)5-6;2*1-8(2,3)10-7-4-6(9)5-7;2*1-5(2)10-3-6(8)7(9)4-10;1-6(2)10-4-3-7(8,9)5-10/h8,10H,4-7H2,1-3H3;6,11H,4-5H2,1-3H3;2*6-7,10H,4-5H2,1-3H3;2*5-7H,3-4H2,1-2H3;6H,3-5H2,1-2H3/t;;;;6-,7+;6-,7-;/m.....1./s1. The van der Waals surface area contributed by atoms with Crippen LogP contribution >= 0.6 is 0 Å². The van der Waals surface area contributed by atoms with Gasteiger partial charge < -0.3 is 21.3 Å². The van der Waals surface area contributed by atoms with Crippen LogP contribution in [-0.4, -0.2) is 167 Å². The molecule has 7 rings (SSSR count). The normalized spacial score (nSPS) is 30.1. The van der Waals surface area contributed by atoms with Crippen molar-refractivity contribution in [2.75, 3.05) is 39.3 Å². The molecule has 4 atom stereocenters. The van der Waals surface area contributed by atoms with Crippen molar-refractivity contribution in [3.63, 3.8) is 0 Å². The Morgan fingerprint density at radius 3 is 0.887 bits per heavy atom. The molecule has 3 aliphatic heterocycles. The first-order chi connectivity index (χ1) is 32.0. The van der Waals surface area contributed by atoms with Crippen LogP contribution in [0, 0.1) is 0 Å². The predicted molar refractivity (Wildman–Crippen MR) is 277 cm³/mol. The zero-order valence-corrected chi connectivity index (χ0v) is 47.6. The summed E-state index contributed by atoms with van der Waals surface area (Å²) < 4.78 is 124. The number of likely N-dealkylation sites (tertiary alicyclic amines) is 3. The minimum Gasteiger partial charge on any atom is -0.309 e. The Bertz CT molecular complexity index is 1320. The minimum atomic E-state index is -2.43. The molecule has 0 aromatic heterocycles. The number of hydrogen-bond donors (Lipinski definition) is 4. The summed E-state index contributed by atoms with van der Waals surface area (Å²) in [5.41, 5.74) is 0.561. The number of nitrogens with zero attached hydrogens (tertiary/aromatic N) is 3. The van der Waals surface area contributed by atoms with Crippen LogP contribution in [-0.2, 0) is 0 Å². The Hall–Kier alpha value is -0.980. The van der Waals surface area contributed by atoms with Crippen molar-refractivity contribution in [1.82, 2.24) is 36.0 Å². The summed E-state index contributed by atoms with van der Waals surface area (Å²) in [5, 5.41) is 13.4. The summed E-state index contributed by atoms with van der Waals surface area (Å²) in [6.07, 6.45) is 2.35. The summed E-state index contributed by atoms with van der Waals surface area (Å²) in [5.74, 6) is -4.83. The fourth-order valence-corrected chi connectivity index (χ4v) is 9.16. The van der Waals surface area contributed by atoms with E-state index in [2.05, 4.69) is 83.6 Å². The topological polar surface area (TPSA) is 57.8 Å². The smallest absolute Gasteiger partial charge is 0.261 e. The SMILES string of the molecule is CC(C)(C)NC1CC(F)(F)C1.CC(C)(C)NC1CC(F)C1.CC(C)(C)NC1CC(F)C1.CC(C)(C)NC1CCCC1.CC(C)N1CCC(F)(F)C1.CC(C)N1C[C@@H](F)[C@@H](F)C1.CC(C)N1C[C@@H](F)[C@H](F)C1. The Balaban J connectivity index is 0.000000414. The monoisotopic (exact) mass is 1040 g/mol. The van der Waals surface area contributed by atoms with Crippen LogP contribution in [0.25, 0.3) is 0 Å². The molecule has 17 heteroatoms. The zero-order chi connectivity index (χ0) is 55.1. The molecule has 426 valence electrons. The maximum Gasteiger partial charge on any atom is 0.261 e. The van der Waals surface area contributed by atoms with Crippen LogP contribution in [0.1, 0.15) is 195 Å². The molecule has 0 bridgehead atoms. The van der Waals surface area contributed by atoms with E-state index in [1.54, 1.807) is 4.90 Å². The van der Waals surface area contributed by atoms with E-state index in [1.165, 1.54) is 25.7 Å². The number of nitrogens with one attached hydrogen (secondary N) is 4. The maximum atomic E-state index is 12.5. The molecule has 4 saturated carbocycles. The van der Waals surface area contributed by atoms with Gasteiger partial charge in [-0.2, -0.15) is 0 Å². The summed E-state index contributed by atoms with van der Waals surface area (Å²) in [6.45, 7) is 38.6. The van der Waals surface area contributed by atoms with Crippen molar-refractivity contribution >= 4 is 0 Å². The third kappa shape index (κ3) is 31.6. The van der Waals surface area contributed by atoms with Gasteiger partial charge in [-0.3, -0.25) is 14.7 Å². The van der Waals surface area contributed by atoms with E-state index >= 15 is 0 Å². The maximum absolute atomic E-state index is 12.5. The molecule has 0 spiro atoms. The number of halogens is 10. The molecule has 0 aromatic rings. The number of hydrogen-bond acceptors (Lipinski definition) is 7. The minimum absolute atomic E-state index is 0.00424. The summed E-state index contributed by atoms with van der Waals surface area (Å²) in [6, 6.07) is 2.46. The molecule has 4 N–H and O–H groups in total. The Kier molecular flexibility index (Phi) is 28.3. The van der Waals surface area contributed by atoms with E-state index in [4.69, 9.17) is 0 Å².